The molecule has 0 aromatic carbocycles. The van der Waals surface area contributed by atoms with Gasteiger partial charge in [-0.15, -0.1) is 0 Å². The lowest BCUT2D eigenvalue weighted by atomic mass is 9.88. The van der Waals surface area contributed by atoms with Crippen molar-refractivity contribution in [2.45, 2.75) is 71.1 Å². The number of carbonyl (C=O) groups excluding carboxylic acids is 1. The maximum absolute atomic E-state index is 11.9. The highest BCUT2D eigenvalue weighted by molar-refractivity contribution is 5.78. The van der Waals surface area contributed by atoms with Crippen LogP contribution in [-0.2, 0) is 4.79 Å². The first-order valence-corrected chi connectivity index (χ1v) is 8.22. The molecule has 0 aromatic rings. The topological polar surface area (TPSA) is 52.6 Å². The van der Waals surface area contributed by atoms with E-state index in [1.54, 1.807) is 0 Å². The Kier molecular flexibility index (Phi) is 5.44. The molecular weight excluding hydrogens is 252 g/mol. The van der Waals surface area contributed by atoms with E-state index >= 15 is 0 Å². The molecule has 0 spiro atoms. The highest BCUT2D eigenvalue weighted by atomic mass is 16.3. The summed E-state index contributed by atoms with van der Waals surface area (Å²) >= 11 is 0. The van der Waals surface area contributed by atoms with Crippen LogP contribution < -0.4 is 5.32 Å². The van der Waals surface area contributed by atoms with Crippen molar-refractivity contribution >= 4 is 5.91 Å². The van der Waals surface area contributed by atoms with Crippen molar-refractivity contribution < 1.29 is 9.90 Å². The van der Waals surface area contributed by atoms with Crippen molar-refractivity contribution in [3.8, 4) is 0 Å². The molecule has 1 aliphatic carbocycles. The summed E-state index contributed by atoms with van der Waals surface area (Å²) in [4.78, 5) is 14.4. The van der Waals surface area contributed by atoms with E-state index in [0.717, 1.165) is 38.4 Å². The molecule has 20 heavy (non-hydrogen) atoms. The van der Waals surface area contributed by atoms with Gasteiger partial charge in [-0.1, -0.05) is 20.8 Å². The number of likely N-dealkylation sites (tertiary alicyclic amines) is 1. The fourth-order valence-electron chi connectivity index (χ4n) is 3.17. The van der Waals surface area contributed by atoms with Crippen LogP contribution in [0.1, 0.15) is 52.9 Å². The summed E-state index contributed by atoms with van der Waals surface area (Å²) in [5, 5.41) is 13.1. The zero-order chi connectivity index (χ0) is 14.7. The van der Waals surface area contributed by atoms with Crippen LogP contribution in [0.5, 0.6) is 0 Å². The number of piperidine rings is 1. The first kappa shape index (κ1) is 15.8. The van der Waals surface area contributed by atoms with Gasteiger partial charge in [-0.25, -0.2) is 0 Å². The van der Waals surface area contributed by atoms with Gasteiger partial charge in [0.1, 0.15) is 0 Å². The molecule has 4 nitrogen and oxygen atoms in total. The van der Waals surface area contributed by atoms with Crippen molar-refractivity contribution in [2.75, 3.05) is 13.1 Å². The molecule has 0 aromatic heterocycles. The lowest BCUT2D eigenvalue weighted by Gasteiger charge is -2.39. The minimum atomic E-state index is -0.194. The Morgan fingerprint density at radius 1 is 1.35 bits per heavy atom. The van der Waals surface area contributed by atoms with E-state index in [2.05, 4.69) is 10.2 Å². The van der Waals surface area contributed by atoms with Gasteiger partial charge in [0.05, 0.1) is 6.10 Å². The van der Waals surface area contributed by atoms with Crippen LogP contribution in [0, 0.1) is 11.8 Å². The second-order valence-electron chi connectivity index (χ2n) is 6.94. The number of aliphatic hydroxyl groups excluding tert-OH is 1. The minimum absolute atomic E-state index is 0.0472. The molecule has 0 bridgehead atoms. The van der Waals surface area contributed by atoms with Gasteiger partial charge < -0.3 is 10.4 Å². The number of nitrogens with zero attached hydrogens (tertiary/aromatic N) is 1. The maximum Gasteiger partial charge on any atom is 0.222 e. The standard InChI is InChI=1S/C16H30N2O2/c1-4-15(19)8-12-7-13(17-16(20)11(2)3)10-18(9-12)14-5-6-14/h11-15,19H,4-10H2,1-3H3,(H,17,20). The molecule has 1 amide bonds. The van der Waals surface area contributed by atoms with E-state index in [0.29, 0.717) is 5.92 Å². The second kappa shape index (κ2) is 6.90. The average molecular weight is 282 g/mol. The Balaban J connectivity index is 1.91. The number of hydrogen-bond donors (Lipinski definition) is 2. The third-order valence-corrected chi connectivity index (χ3v) is 4.58. The fraction of sp³-hybridized carbons (Fsp3) is 0.938. The van der Waals surface area contributed by atoms with Gasteiger partial charge in [0.2, 0.25) is 5.91 Å². The molecule has 3 atom stereocenters. The lowest BCUT2D eigenvalue weighted by Crippen LogP contribution is -2.52. The van der Waals surface area contributed by atoms with E-state index in [1.165, 1.54) is 12.8 Å². The molecule has 2 fully saturated rings. The van der Waals surface area contributed by atoms with Crippen molar-refractivity contribution in [3.05, 3.63) is 0 Å². The summed E-state index contributed by atoms with van der Waals surface area (Å²) in [5.41, 5.74) is 0. The van der Waals surface area contributed by atoms with Gasteiger partial charge in [0.15, 0.2) is 0 Å². The average Bonchev–Trinajstić information content (AvgIpc) is 3.22. The van der Waals surface area contributed by atoms with E-state index in [4.69, 9.17) is 0 Å². The zero-order valence-electron chi connectivity index (χ0n) is 13.1. The van der Waals surface area contributed by atoms with Gasteiger partial charge in [-0.2, -0.15) is 0 Å². The number of amides is 1. The number of rotatable bonds is 6. The van der Waals surface area contributed by atoms with E-state index in [-0.39, 0.29) is 24.0 Å². The van der Waals surface area contributed by atoms with Crippen molar-refractivity contribution in [3.63, 3.8) is 0 Å². The number of carbonyl (C=O) groups is 1. The number of aliphatic hydroxyl groups is 1. The molecule has 1 saturated carbocycles. The minimum Gasteiger partial charge on any atom is -0.393 e. The smallest absolute Gasteiger partial charge is 0.222 e. The highest BCUT2D eigenvalue weighted by Crippen LogP contribution is 2.32. The molecule has 2 rings (SSSR count). The Bertz CT molecular complexity index is 328. The Labute approximate surface area is 122 Å². The monoisotopic (exact) mass is 282 g/mol. The fourth-order valence-corrected chi connectivity index (χ4v) is 3.17. The first-order chi connectivity index (χ1) is 9.49. The molecule has 1 heterocycles. The van der Waals surface area contributed by atoms with Crippen molar-refractivity contribution in [2.24, 2.45) is 11.8 Å². The quantitative estimate of drug-likeness (QED) is 0.781. The van der Waals surface area contributed by atoms with E-state index in [1.807, 2.05) is 20.8 Å². The van der Waals surface area contributed by atoms with Crippen LogP contribution in [0.3, 0.4) is 0 Å². The molecule has 116 valence electrons. The third kappa shape index (κ3) is 4.45. The van der Waals surface area contributed by atoms with Gasteiger partial charge in [-0.3, -0.25) is 9.69 Å². The summed E-state index contributed by atoms with van der Waals surface area (Å²) in [5.74, 6) is 0.713. The lowest BCUT2D eigenvalue weighted by molar-refractivity contribution is -0.125. The maximum atomic E-state index is 11.9. The van der Waals surface area contributed by atoms with Gasteiger partial charge in [-0.05, 0) is 38.0 Å². The number of nitrogens with one attached hydrogen (secondary N) is 1. The molecule has 3 unspecified atom stereocenters. The molecule has 4 heteroatoms. The molecule has 2 N–H and O–H groups in total. The van der Waals surface area contributed by atoms with Gasteiger partial charge in [0.25, 0.3) is 0 Å². The Morgan fingerprint density at radius 3 is 2.60 bits per heavy atom. The molecule has 1 aliphatic heterocycles. The Morgan fingerprint density at radius 2 is 2.05 bits per heavy atom. The summed E-state index contributed by atoms with van der Waals surface area (Å²) in [6, 6.07) is 0.989. The van der Waals surface area contributed by atoms with Crippen LogP contribution in [-0.4, -0.2) is 47.2 Å². The van der Waals surface area contributed by atoms with Crippen LogP contribution in [0.4, 0.5) is 0 Å². The van der Waals surface area contributed by atoms with E-state index < -0.39 is 0 Å². The number of hydrogen-bond acceptors (Lipinski definition) is 3. The summed E-state index contributed by atoms with van der Waals surface area (Å²) in [6.07, 6.45) is 5.11. The summed E-state index contributed by atoms with van der Waals surface area (Å²) in [7, 11) is 0. The summed E-state index contributed by atoms with van der Waals surface area (Å²) < 4.78 is 0. The van der Waals surface area contributed by atoms with E-state index in [9.17, 15) is 9.90 Å². The normalized spacial score (nSPS) is 29.4. The molecule has 0 radical (unpaired) electrons. The Hall–Kier alpha value is -0.610. The predicted octanol–water partition coefficient (Wildman–Crippen LogP) is 1.77. The zero-order valence-corrected chi connectivity index (χ0v) is 13.1. The molecule has 1 saturated heterocycles. The second-order valence-corrected chi connectivity index (χ2v) is 6.94. The predicted molar refractivity (Wildman–Crippen MR) is 80.4 cm³/mol. The largest absolute Gasteiger partial charge is 0.393 e. The van der Waals surface area contributed by atoms with Crippen molar-refractivity contribution in [1.82, 2.24) is 10.2 Å². The molecular formula is C16H30N2O2. The van der Waals surface area contributed by atoms with Gasteiger partial charge in [0, 0.05) is 31.1 Å². The van der Waals surface area contributed by atoms with Crippen LogP contribution >= 0.6 is 0 Å². The third-order valence-electron chi connectivity index (χ3n) is 4.58. The van der Waals surface area contributed by atoms with Crippen LogP contribution in [0.2, 0.25) is 0 Å². The SMILES string of the molecule is CCC(O)CC1CC(NC(=O)C(C)C)CN(C2CC2)C1. The van der Waals surface area contributed by atoms with Gasteiger partial charge >= 0.3 is 0 Å². The summed E-state index contributed by atoms with van der Waals surface area (Å²) in [6.45, 7) is 7.99. The van der Waals surface area contributed by atoms with Crippen molar-refractivity contribution in [1.29, 1.82) is 0 Å². The first-order valence-electron chi connectivity index (χ1n) is 8.22. The highest BCUT2D eigenvalue weighted by Gasteiger charge is 2.37. The van der Waals surface area contributed by atoms with Crippen LogP contribution in [0.15, 0.2) is 0 Å². The molecule has 2 aliphatic rings. The van der Waals surface area contributed by atoms with Crippen LogP contribution in [0.25, 0.3) is 0 Å².